The minimum atomic E-state index is 0.422. The number of carbonyl (C=O) groups excluding carboxylic acids is 1. The summed E-state index contributed by atoms with van der Waals surface area (Å²) in [6.07, 6.45) is 3.26. The van der Waals surface area contributed by atoms with Crippen molar-refractivity contribution in [3.8, 4) is 11.3 Å². The average Bonchev–Trinajstić information content (AvgIpc) is 3.29. The zero-order valence-electron chi connectivity index (χ0n) is 12.7. The lowest BCUT2D eigenvalue weighted by Crippen LogP contribution is -1.97. The van der Waals surface area contributed by atoms with Crippen LogP contribution < -0.4 is 5.32 Å². The van der Waals surface area contributed by atoms with Crippen LogP contribution in [-0.2, 0) is 17.8 Å². The van der Waals surface area contributed by atoms with Gasteiger partial charge in [0.05, 0.1) is 18.4 Å². The number of thiophene rings is 1. The first-order chi connectivity index (χ1) is 11.8. The third-order valence-electron chi connectivity index (χ3n) is 3.58. The molecule has 0 aliphatic carbocycles. The Morgan fingerprint density at radius 2 is 2.21 bits per heavy atom. The molecular weight excluding hydrogens is 340 g/mol. The van der Waals surface area contributed by atoms with Gasteiger partial charge in [-0.15, -0.1) is 16.4 Å². The van der Waals surface area contributed by atoms with E-state index in [4.69, 9.17) is 0 Å². The van der Waals surface area contributed by atoms with Crippen molar-refractivity contribution in [2.75, 3.05) is 5.32 Å². The van der Waals surface area contributed by atoms with Crippen molar-refractivity contribution in [2.45, 2.75) is 13.0 Å². The van der Waals surface area contributed by atoms with Crippen molar-refractivity contribution in [3.63, 3.8) is 0 Å². The molecule has 4 rings (SSSR count). The fourth-order valence-corrected chi connectivity index (χ4v) is 3.86. The molecule has 1 aromatic carbocycles. The Hall–Kier alpha value is -2.51. The molecule has 0 fully saturated rings. The number of aldehydes is 1. The van der Waals surface area contributed by atoms with Crippen LogP contribution in [0, 0.1) is 0 Å². The Morgan fingerprint density at radius 3 is 3.00 bits per heavy atom. The third-order valence-corrected chi connectivity index (χ3v) is 5.34. The molecule has 0 saturated heterocycles. The predicted octanol–water partition coefficient (Wildman–Crippen LogP) is 3.87. The standard InChI is InChI=1S/C17H14N4OS2/c22-7-6-12-3-1-4-13(9-12)15-11-21-17(19-15)24-16(20-21)18-10-14-5-2-8-23-14/h1-5,7-9,11H,6,10H2,(H,18,20). The van der Waals surface area contributed by atoms with E-state index in [-0.39, 0.29) is 0 Å². The molecule has 0 atom stereocenters. The molecule has 0 bridgehead atoms. The van der Waals surface area contributed by atoms with Crippen LogP contribution in [0.2, 0.25) is 0 Å². The number of carbonyl (C=O) groups is 1. The van der Waals surface area contributed by atoms with Gasteiger partial charge < -0.3 is 10.1 Å². The number of imidazole rings is 1. The number of benzene rings is 1. The molecule has 0 saturated carbocycles. The van der Waals surface area contributed by atoms with Crippen LogP contribution in [-0.4, -0.2) is 20.9 Å². The van der Waals surface area contributed by atoms with Crippen molar-refractivity contribution < 1.29 is 4.79 Å². The van der Waals surface area contributed by atoms with Crippen molar-refractivity contribution >= 4 is 39.1 Å². The lowest BCUT2D eigenvalue weighted by molar-refractivity contribution is -0.107. The van der Waals surface area contributed by atoms with Crippen LogP contribution >= 0.6 is 22.7 Å². The van der Waals surface area contributed by atoms with E-state index >= 15 is 0 Å². The van der Waals surface area contributed by atoms with Gasteiger partial charge in [0.1, 0.15) is 6.29 Å². The molecule has 0 unspecified atom stereocenters. The molecule has 7 heteroatoms. The van der Waals surface area contributed by atoms with Crippen LogP contribution in [0.1, 0.15) is 10.4 Å². The van der Waals surface area contributed by atoms with Gasteiger partial charge in [0.2, 0.25) is 10.1 Å². The lowest BCUT2D eigenvalue weighted by atomic mass is 10.1. The summed E-state index contributed by atoms with van der Waals surface area (Å²) < 4.78 is 1.79. The van der Waals surface area contributed by atoms with Crippen LogP contribution in [0.5, 0.6) is 0 Å². The lowest BCUT2D eigenvalue weighted by Gasteiger charge is -2.00. The minimum absolute atomic E-state index is 0.422. The topological polar surface area (TPSA) is 59.3 Å². The highest BCUT2D eigenvalue weighted by Gasteiger charge is 2.10. The molecule has 120 valence electrons. The summed E-state index contributed by atoms with van der Waals surface area (Å²) in [6.45, 7) is 0.773. The summed E-state index contributed by atoms with van der Waals surface area (Å²) in [5.74, 6) is 0. The van der Waals surface area contributed by atoms with E-state index in [0.717, 1.165) is 39.7 Å². The first-order valence-electron chi connectivity index (χ1n) is 7.47. The van der Waals surface area contributed by atoms with E-state index in [1.54, 1.807) is 15.9 Å². The number of hydrogen-bond donors (Lipinski definition) is 1. The summed E-state index contributed by atoms with van der Waals surface area (Å²) in [5, 5.41) is 10.8. The van der Waals surface area contributed by atoms with Gasteiger partial charge in [-0.2, -0.15) is 0 Å². The van der Waals surface area contributed by atoms with Crippen molar-refractivity contribution in [2.24, 2.45) is 0 Å². The van der Waals surface area contributed by atoms with Gasteiger partial charge in [-0.25, -0.2) is 9.50 Å². The highest BCUT2D eigenvalue weighted by atomic mass is 32.1. The maximum Gasteiger partial charge on any atom is 0.214 e. The first-order valence-corrected chi connectivity index (χ1v) is 9.17. The predicted molar refractivity (Wildman–Crippen MR) is 97.7 cm³/mol. The molecule has 3 heterocycles. The molecule has 24 heavy (non-hydrogen) atoms. The van der Waals surface area contributed by atoms with E-state index in [0.29, 0.717) is 6.42 Å². The van der Waals surface area contributed by atoms with Gasteiger partial charge in [-0.05, 0) is 23.1 Å². The van der Waals surface area contributed by atoms with Crippen LogP contribution in [0.15, 0.2) is 48.0 Å². The van der Waals surface area contributed by atoms with Crippen molar-refractivity contribution in [1.29, 1.82) is 0 Å². The summed E-state index contributed by atoms with van der Waals surface area (Å²) in [7, 11) is 0. The van der Waals surface area contributed by atoms with E-state index < -0.39 is 0 Å². The molecular formula is C17H14N4OS2. The van der Waals surface area contributed by atoms with Gasteiger partial charge in [-0.1, -0.05) is 35.6 Å². The Bertz CT molecular complexity index is 940. The number of rotatable bonds is 6. The molecule has 0 radical (unpaired) electrons. The number of hydrogen-bond acceptors (Lipinski definition) is 6. The first kappa shape index (κ1) is 15.0. The van der Waals surface area contributed by atoms with Crippen LogP contribution in [0.25, 0.3) is 16.2 Å². The highest BCUT2D eigenvalue weighted by molar-refractivity contribution is 7.20. The smallest absolute Gasteiger partial charge is 0.214 e. The van der Waals surface area contributed by atoms with Gasteiger partial charge >= 0.3 is 0 Å². The highest BCUT2D eigenvalue weighted by Crippen LogP contribution is 2.25. The number of fused-ring (bicyclic) bond motifs is 1. The Balaban J connectivity index is 1.55. The summed E-state index contributed by atoms with van der Waals surface area (Å²) in [6, 6.07) is 12.0. The van der Waals surface area contributed by atoms with Gasteiger partial charge in [0.15, 0.2) is 0 Å². The number of aromatic nitrogens is 3. The molecule has 0 amide bonds. The average molecular weight is 354 g/mol. The monoisotopic (exact) mass is 354 g/mol. The van der Waals surface area contributed by atoms with Crippen molar-refractivity contribution in [1.82, 2.24) is 14.6 Å². The van der Waals surface area contributed by atoms with E-state index in [9.17, 15) is 4.79 Å². The van der Waals surface area contributed by atoms with Crippen LogP contribution in [0.3, 0.4) is 0 Å². The largest absolute Gasteiger partial charge is 0.355 e. The quantitative estimate of drug-likeness (QED) is 0.534. The Labute approximate surface area is 146 Å². The SMILES string of the molecule is O=CCc1cccc(-c2cn3nc(NCc4cccs4)sc3n2)c1. The van der Waals surface area contributed by atoms with Crippen LogP contribution in [0.4, 0.5) is 5.13 Å². The van der Waals surface area contributed by atoms with E-state index in [1.807, 2.05) is 36.5 Å². The molecule has 1 N–H and O–H groups in total. The molecule has 4 aromatic rings. The summed E-state index contributed by atoms with van der Waals surface area (Å²) >= 11 is 3.25. The Kier molecular flexibility index (Phi) is 4.10. The molecule has 0 spiro atoms. The zero-order chi connectivity index (χ0) is 16.4. The second-order valence-electron chi connectivity index (χ2n) is 5.26. The van der Waals surface area contributed by atoms with E-state index in [2.05, 4.69) is 26.8 Å². The van der Waals surface area contributed by atoms with Gasteiger partial charge in [0, 0.05) is 16.9 Å². The molecule has 3 aromatic heterocycles. The second kappa shape index (κ2) is 6.54. The van der Waals surface area contributed by atoms with Crippen molar-refractivity contribution in [3.05, 3.63) is 58.4 Å². The van der Waals surface area contributed by atoms with Gasteiger partial charge in [0.25, 0.3) is 0 Å². The zero-order valence-corrected chi connectivity index (χ0v) is 14.3. The number of nitrogens with one attached hydrogen (secondary N) is 1. The Morgan fingerprint density at radius 1 is 1.25 bits per heavy atom. The van der Waals surface area contributed by atoms with E-state index in [1.165, 1.54) is 16.2 Å². The summed E-state index contributed by atoms with van der Waals surface area (Å²) in [5.41, 5.74) is 2.86. The summed E-state index contributed by atoms with van der Waals surface area (Å²) in [4.78, 5) is 17.4. The maximum atomic E-state index is 10.7. The maximum absolute atomic E-state index is 10.7. The van der Waals surface area contributed by atoms with Gasteiger partial charge in [-0.3, -0.25) is 0 Å². The minimum Gasteiger partial charge on any atom is -0.355 e. The molecule has 0 aliphatic rings. The fraction of sp³-hybridized carbons (Fsp3) is 0.118. The number of anilines is 1. The molecule has 5 nitrogen and oxygen atoms in total. The normalized spacial score (nSPS) is 11.0. The number of nitrogens with zero attached hydrogens (tertiary/aromatic N) is 3. The third kappa shape index (κ3) is 3.08. The fourth-order valence-electron chi connectivity index (χ4n) is 2.44. The second-order valence-corrected chi connectivity index (χ2v) is 7.25. The molecule has 0 aliphatic heterocycles.